The fourth-order valence-electron chi connectivity index (χ4n) is 1.35. The second-order valence-electron chi connectivity index (χ2n) is 3.70. The van der Waals surface area contributed by atoms with Gasteiger partial charge in [-0.25, -0.2) is 0 Å². The molecular weight excluding hydrogens is 177 g/mol. The van der Waals surface area contributed by atoms with Crippen LogP contribution >= 0.6 is 0 Å². The van der Waals surface area contributed by atoms with Crippen molar-refractivity contribution < 1.29 is 10.0 Å². The largest absolute Gasteiger partial charge is 0.488 e. The van der Waals surface area contributed by atoms with E-state index in [2.05, 4.69) is 6.07 Å². The topological polar surface area (TPSA) is 64.2 Å². The number of rotatable bonds is 2. The van der Waals surface area contributed by atoms with Gasteiger partial charge in [0.1, 0.15) is 0 Å². The fraction of sp³-hybridized carbons (Fsp3) is 0.300. The lowest BCUT2D eigenvalue weighted by Crippen LogP contribution is -2.37. The van der Waals surface area contributed by atoms with Crippen molar-refractivity contribution in [3.05, 3.63) is 29.8 Å². The van der Waals surface area contributed by atoms with Crippen LogP contribution in [0.15, 0.2) is 24.3 Å². The number of nitriles is 1. The zero-order chi connectivity index (χ0) is 10.8. The lowest BCUT2D eigenvalue weighted by Gasteiger charge is -2.19. The number of nitrogens with zero attached hydrogens (tertiary/aromatic N) is 1. The highest BCUT2D eigenvalue weighted by atomic mass is 16.4. The third-order valence-electron chi connectivity index (χ3n) is 2.19. The van der Waals surface area contributed by atoms with E-state index in [0.717, 1.165) is 0 Å². The van der Waals surface area contributed by atoms with Gasteiger partial charge >= 0.3 is 7.12 Å². The van der Waals surface area contributed by atoms with Gasteiger partial charge in [0.2, 0.25) is 0 Å². The Kier molecular flexibility index (Phi) is 2.95. The van der Waals surface area contributed by atoms with Crippen LogP contribution in [0.2, 0.25) is 0 Å². The third kappa shape index (κ3) is 1.95. The molecule has 0 spiro atoms. The van der Waals surface area contributed by atoms with Gasteiger partial charge in [0.05, 0.1) is 11.5 Å². The highest BCUT2D eigenvalue weighted by Crippen LogP contribution is 2.20. The van der Waals surface area contributed by atoms with E-state index in [1.807, 2.05) is 0 Å². The van der Waals surface area contributed by atoms with Crippen LogP contribution in [0.25, 0.3) is 0 Å². The van der Waals surface area contributed by atoms with Crippen molar-refractivity contribution in [2.45, 2.75) is 19.3 Å². The Balaban J connectivity index is 3.29. The van der Waals surface area contributed by atoms with Gasteiger partial charge < -0.3 is 10.0 Å². The maximum absolute atomic E-state index is 9.11. The number of benzene rings is 1. The number of hydrogen-bond acceptors (Lipinski definition) is 3. The molecule has 2 N–H and O–H groups in total. The molecule has 0 heterocycles. The molecule has 1 aromatic carbocycles. The van der Waals surface area contributed by atoms with Crippen LogP contribution in [0, 0.1) is 11.3 Å². The van der Waals surface area contributed by atoms with Crippen LogP contribution < -0.4 is 5.46 Å². The Morgan fingerprint density at radius 2 is 1.86 bits per heavy atom. The minimum Gasteiger partial charge on any atom is -0.423 e. The molecule has 0 bridgehead atoms. The summed E-state index contributed by atoms with van der Waals surface area (Å²) < 4.78 is 0. The van der Waals surface area contributed by atoms with Crippen molar-refractivity contribution in [2.24, 2.45) is 0 Å². The zero-order valence-electron chi connectivity index (χ0n) is 8.23. The molecule has 14 heavy (non-hydrogen) atoms. The average molecular weight is 189 g/mol. The quantitative estimate of drug-likeness (QED) is 0.651. The molecule has 0 aliphatic rings. The van der Waals surface area contributed by atoms with Gasteiger partial charge in [0, 0.05) is 0 Å². The molecule has 0 unspecified atom stereocenters. The van der Waals surface area contributed by atoms with Gasteiger partial charge in [0.15, 0.2) is 0 Å². The molecule has 1 rings (SSSR count). The molecule has 0 fully saturated rings. The minimum absolute atomic E-state index is 0.388. The third-order valence-corrected chi connectivity index (χ3v) is 2.19. The zero-order valence-corrected chi connectivity index (χ0v) is 8.23. The molecule has 4 heteroatoms. The van der Waals surface area contributed by atoms with E-state index in [1.54, 1.807) is 38.1 Å². The van der Waals surface area contributed by atoms with Crippen molar-refractivity contribution in [2.75, 3.05) is 0 Å². The molecule has 0 aliphatic heterocycles. The molecule has 0 atom stereocenters. The monoisotopic (exact) mass is 189 g/mol. The van der Waals surface area contributed by atoms with Crippen molar-refractivity contribution in [3.63, 3.8) is 0 Å². The predicted octanol–water partition coefficient (Wildman–Crippen LogP) is 0.168. The molecule has 72 valence electrons. The normalized spacial score (nSPS) is 10.8. The molecule has 0 saturated carbocycles. The second kappa shape index (κ2) is 3.83. The molecule has 3 nitrogen and oxygen atoms in total. The summed E-state index contributed by atoms with van der Waals surface area (Å²) in [5.41, 5.74) is 0.330. The molecule has 0 aliphatic carbocycles. The van der Waals surface area contributed by atoms with Gasteiger partial charge in [0.25, 0.3) is 0 Å². The van der Waals surface area contributed by atoms with Crippen LogP contribution in [0.1, 0.15) is 19.4 Å². The molecule has 0 aromatic heterocycles. The van der Waals surface area contributed by atoms with Gasteiger partial charge in [-0.2, -0.15) is 5.26 Å². The summed E-state index contributed by atoms with van der Waals surface area (Å²) >= 11 is 0. The van der Waals surface area contributed by atoms with E-state index >= 15 is 0 Å². The van der Waals surface area contributed by atoms with Crippen molar-refractivity contribution in [3.8, 4) is 6.07 Å². The van der Waals surface area contributed by atoms with E-state index in [9.17, 15) is 0 Å². The Morgan fingerprint density at radius 3 is 2.36 bits per heavy atom. The van der Waals surface area contributed by atoms with E-state index in [1.165, 1.54) is 0 Å². The Morgan fingerprint density at radius 1 is 1.29 bits per heavy atom. The van der Waals surface area contributed by atoms with Crippen LogP contribution in [0.5, 0.6) is 0 Å². The summed E-state index contributed by atoms with van der Waals surface area (Å²) in [5, 5.41) is 27.2. The predicted molar refractivity (Wildman–Crippen MR) is 54.9 cm³/mol. The first kappa shape index (κ1) is 10.8. The molecule has 0 amide bonds. The smallest absolute Gasteiger partial charge is 0.423 e. The first-order valence-corrected chi connectivity index (χ1v) is 4.36. The van der Waals surface area contributed by atoms with Crippen LogP contribution in [-0.2, 0) is 5.41 Å². The minimum atomic E-state index is -1.53. The summed E-state index contributed by atoms with van der Waals surface area (Å²) in [4.78, 5) is 0. The van der Waals surface area contributed by atoms with E-state index < -0.39 is 12.5 Å². The van der Waals surface area contributed by atoms with Crippen LogP contribution in [-0.4, -0.2) is 17.2 Å². The maximum Gasteiger partial charge on any atom is 0.488 e. The lowest BCUT2D eigenvalue weighted by molar-refractivity contribution is 0.424. The molecular formula is C10H12BNO2. The summed E-state index contributed by atoms with van der Waals surface area (Å²) in [6, 6.07) is 8.97. The standard InChI is InChI=1S/C10H12BNO2/c1-10(2,7-12)8-5-3-4-6-9(8)11(13)14/h3-6,13-14H,1-2H3. The highest BCUT2D eigenvalue weighted by Gasteiger charge is 2.26. The van der Waals surface area contributed by atoms with Gasteiger partial charge in [-0.3, -0.25) is 0 Å². The van der Waals surface area contributed by atoms with Crippen molar-refractivity contribution in [1.82, 2.24) is 0 Å². The lowest BCUT2D eigenvalue weighted by atomic mass is 9.70. The summed E-state index contributed by atoms with van der Waals surface area (Å²) in [7, 11) is -1.53. The van der Waals surface area contributed by atoms with Crippen LogP contribution in [0.3, 0.4) is 0 Å². The second-order valence-corrected chi connectivity index (χ2v) is 3.70. The van der Waals surface area contributed by atoms with E-state index in [0.29, 0.717) is 11.0 Å². The Labute approximate surface area is 83.8 Å². The maximum atomic E-state index is 9.11. The van der Waals surface area contributed by atoms with Gasteiger partial charge in [-0.05, 0) is 24.9 Å². The molecule has 0 saturated heterocycles. The highest BCUT2D eigenvalue weighted by molar-refractivity contribution is 6.59. The SMILES string of the molecule is CC(C)(C#N)c1ccccc1B(O)O. The van der Waals surface area contributed by atoms with E-state index in [4.69, 9.17) is 15.3 Å². The van der Waals surface area contributed by atoms with Crippen molar-refractivity contribution in [1.29, 1.82) is 5.26 Å². The van der Waals surface area contributed by atoms with Crippen molar-refractivity contribution >= 4 is 12.6 Å². The summed E-state index contributed by atoms with van der Waals surface area (Å²) in [5.74, 6) is 0. The fourth-order valence-corrected chi connectivity index (χ4v) is 1.35. The van der Waals surface area contributed by atoms with Crippen LogP contribution in [0.4, 0.5) is 0 Å². The van der Waals surface area contributed by atoms with Gasteiger partial charge in [-0.1, -0.05) is 24.3 Å². The molecule has 1 aromatic rings. The first-order valence-electron chi connectivity index (χ1n) is 4.36. The first-order chi connectivity index (χ1) is 6.49. The number of hydrogen-bond donors (Lipinski definition) is 2. The van der Waals surface area contributed by atoms with E-state index in [-0.39, 0.29) is 0 Å². The average Bonchev–Trinajstić information content (AvgIpc) is 2.18. The summed E-state index contributed by atoms with van der Waals surface area (Å²) in [6.07, 6.45) is 0. The Hall–Kier alpha value is -1.31. The molecule has 0 radical (unpaired) electrons. The van der Waals surface area contributed by atoms with Gasteiger partial charge in [-0.15, -0.1) is 0 Å². The summed E-state index contributed by atoms with van der Waals surface area (Å²) in [6.45, 7) is 3.49. The Bertz CT molecular complexity index is 369.